The summed E-state index contributed by atoms with van der Waals surface area (Å²) < 4.78 is 39.0. The van der Waals surface area contributed by atoms with E-state index in [1.165, 1.54) is 6.04 Å². The van der Waals surface area contributed by atoms with Gasteiger partial charge in [0.05, 0.1) is 5.56 Å². The highest BCUT2D eigenvalue weighted by atomic mass is 28.3. The van der Waals surface area contributed by atoms with Gasteiger partial charge in [-0.05, 0) is 55.8 Å². The molecule has 1 N–H and O–H groups in total. The summed E-state index contributed by atoms with van der Waals surface area (Å²) in [7, 11) is -1.21. The minimum Gasteiger partial charge on any atom is -0.481 e. The second kappa shape index (κ2) is 10.3. The number of aliphatic carboxylic acids is 1. The van der Waals surface area contributed by atoms with E-state index in [0.29, 0.717) is 12.5 Å². The zero-order valence-corrected chi connectivity index (χ0v) is 19.6. The molecule has 0 spiro atoms. The minimum atomic E-state index is -4.35. The van der Waals surface area contributed by atoms with Crippen LogP contribution in [-0.2, 0) is 11.0 Å². The molecule has 1 aromatic rings. The topological polar surface area (TPSA) is 40.5 Å². The lowest BCUT2D eigenvalue weighted by Gasteiger charge is -2.45. The number of nitrogens with zero attached hydrogens (tertiary/aromatic N) is 1. The highest BCUT2D eigenvalue weighted by Crippen LogP contribution is 2.40. The summed E-state index contributed by atoms with van der Waals surface area (Å²) in [5, 5.41) is 9.25. The van der Waals surface area contributed by atoms with Crippen molar-refractivity contribution in [2.45, 2.75) is 89.4 Å². The van der Waals surface area contributed by atoms with Crippen LogP contribution >= 0.6 is 0 Å². The van der Waals surface area contributed by atoms with Crippen molar-refractivity contribution in [2.75, 3.05) is 6.54 Å². The van der Waals surface area contributed by atoms with Gasteiger partial charge >= 0.3 is 12.1 Å². The third kappa shape index (κ3) is 7.41. The van der Waals surface area contributed by atoms with E-state index in [2.05, 4.69) is 31.5 Å². The quantitative estimate of drug-likeness (QED) is 0.425. The first kappa shape index (κ1) is 24.9. The number of likely N-dealkylation sites (tertiary alicyclic amines) is 1. The second-order valence-electron chi connectivity index (χ2n) is 9.90. The van der Waals surface area contributed by atoms with Crippen LogP contribution < -0.4 is 0 Å². The van der Waals surface area contributed by atoms with E-state index in [-0.39, 0.29) is 18.4 Å². The Kier molecular flexibility index (Phi) is 8.57. The number of carboxylic acids is 1. The Labute approximate surface area is 179 Å². The average molecular weight is 444 g/mol. The number of rotatable bonds is 9. The van der Waals surface area contributed by atoms with E-state index in [0.717, 1.165) is 49.9 Å². The zero-order valence-electron chi connectivity index (χ0n) is 18.6. The lowest BCUT2D eigenvalue weighted by molar-refractivity contribution is -0.139. The summed E-state index contributed by atoms with van der Waals surface area (Å²) in [4.78, 5) is 13.7. The monoisotopic (exact) mass is 443 g/mol. The Bertz CT molecular complexity index is 685. The number of piperidine rings is 1. The molecule has 30 heavy (non-hydrogen) atoms. The molecular formula is C23H36F3NO2Si. The van der Waals surface area contributed by atoms with Gasteiger partial charge < -0.3 is 5.11 Å². The van der Waals surface area contributed by atoms with Gasteiger partial charge in [-0.25, -0.2) is 0 Å². The van der Waals surface area contributed by atoms with Crippen molar-refractivity contribution in [1.82, 2.24) is 4.90 Å². The lowest BCUT2D eigenvalue weighted by Crippen LogP contribution is -2.44. The predicted octanol–water partition coefficient (Wildman–Crippen LogP) is 6.83. The molecule has 3 nitrogen and oxygen atoms in total. The smallest absolute Gasteiger partial charge is 0.416 e. The molecule has 0 radical (unpaired) electrons. The van der Waals surface area contributed by atoms with Gasteiger partial charge in [0, 0.05) is 26.6 Å². The van der Waals surface area contributed by atoms with Gasteiger partial charge in [-0.15, -0.1) is 0 Å². The molecule has 3 atom stereocenters. The van der Waals surface area contributed by atoms with Crippen LogP contribution in [-0.4, -0.2) is 36.6 Å². The third-order valence-corrected chi connectivity index (χ3v) is 7.95. The minimum absolute atomic E-state index is 0.0245. The SMILES string of the molecule is CCC[C@@H](CC[Si](C)(C)C)N1CC[C@@H](CC(=O)O)C[C@H]1c1ccc(C(F)(F)F)cc1. The van der Waals surface area contributed by atoms with E-state index < -0.39 is 25.8 Å². The average Bonchev–Trinajstić information content (AvgIpc) is 2.63. The number of hydrogen-bond acceptors (Lipinski definition) is 2. The van der Waals surface area contributed by atoms with Crippen LogP contribution in [0.2, 0.25) is 25.7 Å². The Morgan fingerprint density at radius 1 is 1.20 bits per heavy atom. The molecule has 0 amide bonds. The molecule has 7 heteroatoms. The fourth-order valence-electron chi connectivity index (χ4n) is 4.56. The van der Waals surface area contributed by atoms with Gasteiger partial charge in [-0.2, -0.15) is 13.2 Å². The van der Waals surface area contributed by atoms with Gasteiger partial charge in [-0.1, -0.05) is 51.2 Å². The molecule has 1 aromatic carbocycles. The molecule has 170 valence electrons. The summed E-state index contributed by atoms with van der Waals surface area (Å²) in [6, 6.07) is 7.07. The van der Waals surface area contributed by atoms with Crippen molar-refractivity contribution in [1.29, 1.82) is 0 Å². The maximum Gasteiger partial charge on any atom is 0.416 e. The van der Waals surface area contributed by atoms with E-state index >= 15 is 0 Å². The number of carboxylic acid groups (broad SMARTS) is 1. The molecule has 0 aromatic heterocycles. The van der Waals surface area contributed by atoms with Crippen LogP contribution in [0.25, 0.3) is 0 Å². The number of hydrogen-bond donors (Lipinski definition) is 1. The Morgan fingerprint density at radius 2 is 1.83 bits per heavy atom. The number of halogens is 3. The van der Waals surface area contributed by atoms with Crippen LogP contribution in [0.15, 0.2) is 24.3 Å². The third-order valence-electron chi connectivity index (χ3n) is 6.16. The Hall–Kier alpha value is -1.34. The summed E-state index contributed by atoms with van der Waals surface area (Å²) in [5.41, 5.74) is 0.228. The summed E-state index contributed by atoms with van der Waals surface area (Å²) >= 11 is 0. The Morgan fingerprint density at radius 3 is 2.33 bits per heavy atom. The van der Waals surface area contributed by atoms with Crippen LogP contribution in [0, 0.1) is 5.92 Å². The van der Waals surface area contributed by atoms with E-state index in [1.54, 1.807) is 12.1 Å². The first-order chi connectivity index (χ1) is 13.9. The first-order valence-electron chi connectivity index (χ1n) is 11.1. The summed E-state index contributed by atoms with van der Waals surface area (Å²) in [6.07, 6.45) is 0.513. The fraction of sp³-hybridized carbons (Fsp3) is 0.696. The molecule has 1 aliphatic rings. The van der Waals surface area contributed by atoms with E-state index in [1.807, 2.05) is 0 Å². The molecule has 0 saturated carbocycles. The van der Waals surface area contributed by atoms with Crippen molar-refractivity contribution in [3.63, 3.8) is 0 Å². The number of benzene rings is 1. The normalized spacial score (nSPS) is 22.1. The van der Waals surface area contributed by atoms with Crippen molar-refractivity contribution in [2.24, 2.45) is 5.92 Å². The number of alkyl halides is 3. The van der Waals surface area contributed by atoms with Crippen LogP contribution in [0.5, 0.6) is 0 Å². The molecule has 2 rings (SSSR count). The predicted molar refractivity (Wildman–Crippen MR) is 117 cm³/mol. The second-order valence-corrected chi connectivity index (χ2v) is 15.5. The van der Waals surface area contributed by atoms with Gasteiger partial charge in [0.2, 0.25) is 0 Å². The molecule has 0 bridgehead atoms. The first-order valence-corrected chi connectivity index (χ1v) is 14.8. The van der Waals surface area contributed by atoms with Crippen molar-refractivity contribution in [3.8, 4) is 0 Å². The van der Waals surface area contributed by atoms with Gasteiger partial charge in [0.1, 0.15) is 0 Å². The molecule has 1 heterocycles. The highest BCUT2D eigenvalue weighted by Gasteiger charge is 2.36. The Balaban J connectivity index is 2.29. The van der Waals surface area contributed by atoms with Crippen LogP contribution in [0.3, 0.4) is 0 Å². The standard InChI is InChI=1S/C23H36F3NO2Si/c1-5-6-20(12-14-30(2,3)4)27-13-11-17(16-22(28)29)15-21(27)18-7-9-19(10-8-18)23(24,25)26/h7-10,17,20-21H,5-6,11-16H2,1-4H3,(H,28,29)/t17-,20+,21+/m1/s1. The largest absolute Gasteiger partial charge is 0.481 e. The van der Waals surface area contributed by atoms with E-state index in [9.17, 15) is 23.1 Å². The highest BCUT2D eigenvalue weighted by molar-refractivity contribution is 6.76. The molecule has 1 fully saturated rings. The van der Waals surface area contributed by atoms with Gasteiger partial charge in [0.15, 0.2) is 0 Å². The molecule has 1 aliphatic heterocycles. The number of carbonyl (C=O) groups is 1. The maximum absolute atomic E-state index is 13.0. The molecule has 0 aliphatic carbocycles. The summed E-state index contributed by atoms with van der Waals surface area (Å²) in [6.45, 7) is 10.1. The molecule has 1 saturated heterocycles. The fourth-order valence-corrected chi connectivity index (χ4v) is 5.76. The zero-order chi connectivity index (χ0) is 22.5. The van der Waals surface area contributed by atoms with Crippen molar-refractivity contribution in [3.05, 3.63) is 35.4 Å². The van der Waals surface area contributed by atoms with Gasteiger partial charge in [-0.3, -0.25) is 9.69 Å². The van der Waals surface area contributed by atoms with Crippen molar-refractivity contribution < 1.29 is 23.1 Å². The van der Waals surface area contributed by atoms with Gasteiger partial charge in [0.25, 0.3) is 0 Å². The molecular weight excluding hydrogens is 407 g/mol. The maximum atomic E-state index is 13.0. The molecule has 0 unspecified atom stereocenters. The summed E-state index contributed by atoms with van der Waals surface area (Å²) in [5.74, 6) is -0.742. The van der Waals surface area contributed by atoms with Crippen LogP contribution in [0.4, 0.5) is 13.2 Å². The lowest BCUT2D eigenvalue weighted by atomic mass is 9.83. The van der Waals surface area contributed by atoms with Crippen molar-refractivity contribution >= 4 is 14.0 Å². The van der Waals surface area contributed by atoms with E-state index in [4.69, 9.17) is 0 Å². The van der Waals surface area contributed by atoms with Crippen LogP contribution in [0.1, 0.15) is 62.6 Å².